The number of aryl methyl sites for hydroxylation is 1. The Morgan fingerprint density at radius 2 is 2.05 bits per heavy atom. The summed E-state index contributed by atoms with van der Waals surface area (Å²) in [5.74, 6) is -3.75. The van der Waals surface area contributed by atoms with Crippen LogP contribution in [-0.4, -0.2) is 21.9 Å². The van der Waals surface area contributed by atoms with Gasteiger partial charge in [0.05, 0.1) is 17.6 Å². The van der Waals surface area contributed by atoms with Crippen LogP contribution in [0.1, 0.15) is 12.7 Å². The van der Waals surface area contributed by atoms with E-state index < -0.39 is 18.9 Å². The average Bonchev–Trinajstić information content (AvgIpc) is 2.65. The fourth-order valence-electron chi connectivity index (χ4n) is 1.92. The molecule has 2 aromatic rings. The number of nitrogens with zero attached hydrogens (tertiary/aromatic N) is 2. The first-order valence-corrected chi connectivity index (χ1v) is 5.75. The Kier molecular flexibility index (Phi) is 3.38. The zero-order chi connectivity index (χ0) is 14.2. The van der Waals surface area contributed by atoms with Gasteiger partial charge in [0, 0.05) is 12.1 Å². The van der Waals surface area contributed by atoms with Crippen LogP contribution < -0.4 is 5.73 Å². The molecule has 0 saturated carbocycles. The molecule has 1 aromatic carbocycles. The molecule has 104 valence electrons. The largest absolute Gasteiger partial charge is 0.399 e. The number of aromatic nitrogens is 2. The van der Waals surface area contributed by atoms with Crippen LogP contribution in [0.25, 0.3) is 11.0 Å². The number of imidazole rings is 1. The highest BCUT2D eigenvalue weighted by Gasteiger charge is 2.41. The van der Waals surface area contributed by atoms with Crippen molar-refractivity contribution >= 4 is 16.7 Å². The number of halogens is 4. The molecular weight excluding hydrogens is 262 g/mol. The normalized spacial score (nSPS) is 12.5. The van der Waals surface area contributed by atoms with Gasteiger partial charge in [-0.2, -0.15) is 8.78 Å². The second-order valence-corrected chi connectivity index (χ2v) is 4.28. The predicted octanol–water partition coefficient (Wildman–Crippen LogP) is 3.08. The molecule has 2 rings (SSSR count). The molecule has 0 spiro atoms. The van der Waals surface area contributed by atoms with Gasteiger partial charge in [0.15, 0.2) is 0 Å². The molecule has 7 heteroatoms. The summed E-state index contributed by atoms with van der Waals surface area (Å²) in [4.78, 5) is 4.14. The van der Waals surface area contributed by atoms with Gasteiger partial charge in [0.25, 0.3) is 0 Å². The van der Waals surface area contributed by atoms with Crippen molar-refractivity contribution in [1.29, 1.82) is 0 Å². The van der Waals surface area contributed by atoms with Crippen LogP contribution in [0.4, 0.5) is 23.2 Å². The van der Waals surface area contributed by atoms with Gasteiger partial charge in [0.1, 0.15) is 5.82 Å². The zero-order valence-corrected chi connectivity index (χ0v) is 10.2. The smallest absolute Gasteiger partial charge is 0.324 e. The van der Waals surface area contributed by atoms with Crippen LogP contribution in [0.5, 0.6) is 0 Å². The van der Waals surface area contributed by atoms with Gasteiger partial charge in [-0.1, -0.05) is 6.92 Å². The van der Waals surface area contributed by atoms with Crippen molar-refractivity contribution in [1.82, 2.24) is 9.55 Å². The van der Waals surface area contributed by atoms with Crippen molar-refractivity contribution in [2.24, 2.45) is 0 Å². The van der Waals surface area contributed by atoms with Crippen LogP contribution in [0, 0.1) is 0 Å². The lowest BCUT2D eigenvalue weighted by Crippen LogP contribution is -2.32. The van der Waals surface area contributed by atoms with Gasteiger partial charge < -0.3 is 10.3 Å². The molecule has 0 aliphatic heterocycles. The molecule has 0 saturated heterocycles. The van der Waals surface area contributed by atoms with E-state index >= 15 is 0 Å². The number of nitrogen functional groups attached to an aromatic ring is 1. The third-order valence-corrected chi connectivity index (χ3v) is 2.86. The molecule has 0 atom stereocenters. The molecule has 1 aromatic heterocycles. The summed E-state index contributed by atoms with van der Waals surface area (Å²) < 4.78 is 52.1. The highest BCUT2D eigenvalue weighted by atomic mass is 19.3. The van der Waals surface area contributed by atoms with Crippen molar-refractivity contribution in [2.45, 2.75) is 32.2 Å². The van der Waals surface area contributed by atoms with E-state index in [1.165, 1.54) is 18.2 Å². The van der Waals surface area contributed by atoms with E-state index in [0.717, 1.165) is 4.57 Å². The second-order valence-electron chi connectivity index (χ2n) is 4.28. The highest BCUT2D eigenvalue weighted by molar-refractivity contribution is 5.79. The van der Waals surface area contributed by atoms with Crippen molar-refractivity contribution in [3.05, 3.63) is 24.0 Å². The standard InChI is InChI=1S/C12H13F4N3/c1-2-10-18-8-5-7(17)3-4-9(8)19(10)6-12(15,16)11(13)14/h3-5,11H,2,6,17H2,1H3. The third-order valence-electron chi connectivity index (χ3n) is 2.86. The minimum Gasteiger partial charge on any atom is -0.399 e. The molecule has 2 N–H and O–H groups in total. The molecule has 0 bridgehead atoms. The van der Waals surface area contributed by atoms with E-state index in [2.05, 4.69) is 4.98 Å². The Labute approximate surface area is 107 Å². The van der Waals surface area contributed by atoms with Gasteiger partial charge in [-0.3, -0.25) is 0 Å². The zero-order valence-electron chi connectivity index (χ0n) is 10.2. The number of fused-ring (bicyclic) bond motifs is 1. The first-order chi connectivity index (χ1) is 8.85. The van der Waals surface area contributed by atoms with Gasteiger partial charge in [-0.25, -0.2) is 13.8 Å². The van der Waals surface area contributed by atoms with E-state index in [0.29, 0.717) is 29.0 Å². The van der Waals surface area contributed by atoms with E-state index in [9.17, 15) is 17.6 Å². The van der Waals surface area contributed by atoms with E-state index in [1.54, 1.807) is 6.92 Å². The quantitative estimate of drug-likeness (QED) is 0.688. The molecule has 0 aliphatic carbocycles. The third kappa shape index (κ3) is 2.50. The van der Waals surface area contributed by atoms with Crippen LogP contribution in [0.15, 0.2) is 18.2 Å². The number of rotatable bonds is 4. The van der Waals surface area contributed by atoms with Crippen molar-refractivity contribution in [3.8, 4) is 0 Å². The number of benzene rings is 1. The summed E-state index contributed by atoms with van der Waals surface area (Å²) in [6.07, 6.45) is -3.34. The van der Waals surface area contributed by atoms with E-state index in [-0.39, 0.29) is 0 Å². The lowest BCUT2D eigenvalue weighted by atomic mass is 10.2. The Morgan fingerprint density at radius 3 is 2.63 bits per heavy atom. The number of nitrogens with two attached hydrogens (primary N) is 1. The molecule has 19 heavy (non-hydrogen) atoms. The monoisotopic (exact) mass is 275 g/mol. The number of hydrogen-bond acceptors (Lipinski definition) is 2. The molecule has 1 heterocycles. The van der Waals surface area contributed by atoms with Crippen LogP contribution in [0.3, 0.4) is 0 Å². The van der Waals surface area contributed by atoms with E-state index in [4.69, 9.17) is 5.73 Å². The van der Waals surface area contributed by atoms with Gasteiger partial charge in [-0.05, 0) is 18.2 Å². The highest BCUT2D eigenvalue weighted by Crippen LogP contribution is 2.28. The summed E-state index contributed by atoms with van der Waals surface area (Å²) >= 11 is 0. The molecule has 3 nitrogen and oxygen atoms in total. The van der Waals surface area contributed by atoms with Crippen molar-refractivity contribution in [3.63, 3.8) is 0 Å². The summed E-state index contributed by atoms with van der Waals surface area (Å²) in [5.41, 5.74) is 6.84. The maximum atomic E-state index is 13.2. The van der Waals surface area contributed by atoms with Crippen LogP contribution in [-0.2, 0) is 13.0 Å². The maximum absolute atomic E-state index is 13.2. The maximum Gasteiger partial charge on any atom is 0.324 e. The Hall–Kier alpha value is -1.79. The van der Waals surface area contributed by atoms with E-state index in [1.807, 2.05) is 0 Å². The van der Waals surface area contributed by atoms with Crippen LogP contribution in [0.2, 0.25) is 0 Å². The number of hydrogen-bond donors (Lipinski definition) is 1. The SMILES string of the molecule is CCc1nc2cc(N)ccc2n1CC(F)(F)C(F)F. The Bertz CT molecular complexity index is 592. The molecule has 0 unspecified atom stereocenters. The summed E-state index contributed by atoms with van der Waals surface area (Å²) in [5, 5.41) is 0. The predicted molar refractivity (Wildman–Crippen MR) is 64.5 cm³/mol. The topological polar surface area (TPSA) is 43.8 Å². The van der Waals surface area contributed by atoms with Crippen molar-refractivity contribution < 1.29 is 17.6 Å². The summed E-state index contributed by atoms with van der Waals surface area (Å²) in [7, 11) is 0. The first-order valence-electron chi connectivity index (χ1n) is 5.75. The molecule has 0 radical (unpaired) electrons. The minimum atomic E-state index is -4.08. The summed E-state index contributed by atoms with van der Waals surface area (Å²) in [6.45, 7) is 0.635. The minimum absolute atomic E-state index is 0.334. The van der Waals surface area contributed by atoms with Gasteiger partial charge in [0.2, 0.25) is 0 Å². The number of alkyl halides is 4. The summed E-state index contributed by atoms with van der Waals surface area (Å²) in [6, 6.07) is 4.57. The second kappa shape index (κ2) is 4.71. The fourth-order valence-corrected chi connectivity index (χ4v) is 1.92. The molecule has 0 amide bonds. The van der Waals surface area contributed by atoms with Crippen LogP contribution >= 0.6 is 0 Å². The molecular formula is C12H13F4N3. The lowest BCUT2D eigenvalue weighted by Gasteiger charge is -2.17. The Balaban J connectivity index is 2.52. The first kappa shape index (κ1) is 13.6. The molecule has 0 aliphatic rings. The Morgan fingerprint density at radius 1 is 1.37 bits per heavy atom. The average molecular weight is 275 g/mol. The molecule has 0 fully saturated rings. The fraction of sp³-hybridized carbons (Fsp3) is 0.417. The van der Waals surface area contributed by atoms with Gasteiger partial charge in [-0.15, -0.1) is 0 Å². The number of anilines is 1. The van der Waals surface area contributed by atoms with Gasteiger partial charge >= 0.3 is 12.3 Å². The lowest BCUT2D eigenvalue weighted by molar-refractivity contribution is -0.137. The van der Waals surface area contributed by atoms with Crippen molar-refractivity contribution in [2.75, 3.05) is 5.73 Å².